The number of H-pyrrole nitrogens is 1. The van der Waals surface area contributed by atoms with Gasteiger partial charge in [0.1, 0.15) is 0 Å². The van der Waals surface area contributed by atoms with Crippen molar-refractivity contribution in [3.05, 3.63) is 69.2 Å². The van der Waals surface area contributed by atoms with E-state index in [1.165, 1.54) is 29.8 Å². The number of aromatic nitrogens is 2. The molecular weight excluding hydrogens is 330 g/mol. The summed E-state index contributed by atoms with van der Waals surface area (Å²) in [7, 11) is 0. The number of amides is 1. The molecule has 24 heavy (non-hydrogen) atoms. The van der Waals surface area contributed by atoms with Crippen molar-refractivity contribution in [2.24, 2.45) is 5.10 Å². The average Bonchev–Trinajstić information content (AvgIpc) is 3.26. The Kier molecular flexibility index (Phi) is 4.43. The first kappa shape index (κ1) is 15.6. The zero-order valence-corrected chi connectivity index (χ0v) is 13.0. The highest BCUT2D eigenvalue weighted by molar-refractivity contribution is 7.13. The number of nitro benzene ring substituents is 1. The van der Waals surface area contributed by atoms with Gasteiger partial charge in [-0.05, 0) is 17.5 Å². The van der Waals surface area contributed by atoms with E-state index in [2.05, 4.69) is 20.7 Å². The molecule has 0 aliphatic rings. The van der Waals surface area contributed by atoms with Crippen LogP contribution in [0.5, 0.6) is 0 Å². The number of aromatic amines is 1. The predicted molar refractivity (Wildman–Crippen MR) is 90.1 cm³/mol. The number of para-hydroxylation sites is 1. The Morgan fingerprint density at radius 3 is 2.92 bits per heavy atom. The summed E-state index contributed by atoms with van der Waals surface area (Å²) in [6.07, 6.45) is 2.64. The van der Waals surface area contributed by atoms with Crippen LogP contribution in [-0.2, 0) is 0 Å². The topological polar surface area (TPSA) is 113 Å². The van der Waals surface area contributed by atoms with Crippen LogP contribution in [0.15, 0.2) is 53.1 Å². The van der Waals surface area contributed by atoms with Gasteiger partial charge in [0.2, 0.25) is 0 Å². The van der Waals surface area contributed by atoms with Crippen LogP contribution in [0.1, 0.15) is 15.9 Å². The Hall–Kier alpha value is -3.33. The molecule has 2 N–H and O–H groups in total. The molecule has 8 nitrogen and oxygen atoms in total. The number of benzene rings is 1. The van der Waals surface area contributed by atoms with Crippen molar-refractivity contribution in [1.82, 2.24) is 15.6 Å². The fourth-order valence-electron chi connectivity index (χ4n) is 2.05. The molecule has 9 heteroatoms. The number of rotatable bonds is 5. The molecule has 3 aromatic rings. The molecule has 0 fully saturated rings. The van der Waals surface area contributed by atoms with E-state index in [1.807, 2.05) is 17.5 Å². The second-order valence-corrected chi connectivity index (χ2v) is 5.60. The normalized spacial score (nSPS) is 10.8. The Labute approximate surface area is 140 Å². The molecule has 1 amide bonds. The smallest absolute Gasteiger partial charge is 0.276 e. The molecule has 0 spiro atoms. The van der Waals surface area contributed by atoms with Crippen molar-refractivity contribution in [3.8, 4) is 10.6 Å². The van der Waals surface area contributed by atoms with Crippen LogP contribution in [0.4, 0.5) is 5.69 Å². The van der Waals surface area contributed by atoms with Crippen molar-refractivity contribution < 1.29 is 9.72 Å². The standard InChI is InChI=1S/C15H11N5O3S/c21-15(11-9-17-18-14(11)13-6-3-7-24-13)19-16-8-10-4-1-2-5-12(10)20(22)23/h1-9H,(H,17,18)(H,19,21)/b16-8-. The number of nitrogens with one attached hydrogen (secondary N) is 2. The lowest BCUT2D eigenvalue weighted by atomic mass is 10.2. The highest BCUT2D eigenvalue weighted by Crippen LogP contribution is 2.25. The highest BCUT2D eigenvalue weighted by atomic mass is 32.1. The zero-order valence-electron chi connectivity index (χ0n) is 12.2. The lowest BCUT2D eigenvalue weighted by Gasteiger charge is -2.00. The SMILES string of the molecule is O=C(N/N=C\c1ccccc1[N+](=O)[O-])c1cn[nH]c1-c1cccs1. The summed E-state index contributed by atoms with van der Waals surface area (Å²) < 4.78 is 0. The Balaban J connectivity index is 1.76. The summed E-state index contributed by atoms with van der Waals surface area (Å²) in [4.78, 5) is 23.5. The third-order valence-electron chi connectivity index (χ3n) is 3.15. The van der Waals surface area contributed by atoms with Crippen LogP contribution >= 0.6 is 11.3 Å². The number of hydrogen-bond acceptors (Lipinski definition) is 6. The van der Waals surface area contributed by atoms with Crippen LogP contribution in [0.2, 0.25) is 0 Å². The largest absolute Gasteiger partial charge is 0.278 e. The van der Waals surface area contributed by atoms with Crippen LogP contribution in [-0.4, -0.2) is 27.2 Å². The zero-order chi connectivity index (χ0) is 16.9. The summed E-state index contributed by atoms with van der Waals surface area (Å²) >= 11 is 1.47. The second-order valence-electron chi connectivity index (χ2n) is 4.65. The number of carbonyl (C=O) groups excluding carboxylic acids is 1. The average molecular weight is 341 g/mol. The van der Waals surface area contributed by atoms with E-state index in [0.29, 0.717) is 16.8 Å². The fraction of sp³-hybridized carbons (Fsp3) is 0. The van der Waals surface area contributed by atoms with Gasteiger partial charge < -0.3 is 0 Å². The molecule has 0 aliphatic carbocycles. The van der Waals surface area contributed by atoms with Gasteiger partial charge in [-0.3, -0.25) is 20.0 Å². The van der Waals surface area contributed by atoms with Gasteiger partial charge >= 0.3 is 0 Å². The van der Waals surface area contributed by atoms with E-state index in [0.717, 1.165) is 4.88 Å². The van der Waals surface area contributed by atoms with Gasteiger partial charge in [-0.2, -0.15) is 10.2 Å². The van der Waals surface area contributed by atoms with Gasteiger partial charge in [0.25, 0.3) is 11.6 Å². The summed E-state index contributed by atoms with van der Waals surface area (Å²) in [6.45, 7) is 0. The van der Waals surface area contributed by atoms with Crippen LogP contribution in [0.3, 0.4) is 0 Å². The van der Waals surface area contributed by atoms with Crippen molar-refractivity contribution in [2.75, 3.05) is 0 Å². The minimum absolute atomic E-state index is 0.0851. The third kappa shape index (κ3) is 3.20. The minimum atomic E-state index is -0.506. The van der Waals surface area contributed by atoms with Gasteiger partial charge in [-0.1, -0.05) is 18.2 Å². The molecule has 2 heterocycles. The van der Waals surface area contributed by atoms with E-state index in [1.54, 1.807) is 18.2 Å². The molecule has 0 saturated carbocycles. The van der Waals surface area contributed by atoms with E-state index in [4.69, 9.17) is 0 Å². The van der Waals surface area contributed by atoms with Crippen LogP contribution in [0.25, 0.3) is 10.6 Å². The van der Waals surface area contributed by atoms with E-state index in [9.17, 15) is 14.9 Å². The van der Waals surface area contributed by atoms with Crippen molar-refractivity contribution in [1.29, 1.82) is 0 Å². The van der Waals surface area contributed by atoms with Gasteiger partial charge in [0.05, 0.1) is 39.0 Å². The molecule has 0 saturated heterocycles. The molecular formula is C15H11N5O3S. The molecule has 0 aliphatic heterocycles. The molecule has 0 bridgehead atoms. The molecule has 0 radical (unpaired) electrons. The van der Waals surface area contributed by atoms with Crippen molar-refractivity contribution in [2.45, 2.75) is 0 Å². The monoisotopic (exact) mass is 341 g/mol. The quantitative estimate of drug-likeness (QED) is 0.422. The maximum absolute atomic E-state index is 12.2. The first-order valence-electron chi connectivity index (χ1n) is 6.81. The maximum Gasteiger partial charge on any atom is 0.278 e. The Morgan fingerprint density at radius 2 is 2.17 bits per heavy atom. The van der Waals surface area contributed by atoms with Crippen LogP contribution in [0, 0.1) is 10.1 Å². The molecule has 120 valence electrons. The Morgan fingerprint density at radius 1 is 1.33 bits per heavy atom. The summed E-state index contributed by atoms with van der Waals surface area (Å²) in [5.74, 6) is -0.456. The lowest BCUT2D eigenvalue weighted by Crippen LogP contribution is -2.17. The minimum Gasteiger partial charge on any atom is -0.276 e. The molecule has 0 atom stereocenters. The first-order valence-corrected chi connectivity index (χ1v) is 7.69. The summed E-state index contributed by atoms with van der Waals surface area (Å²) in [5.41, 5.74) is 3.51. The van der Waals surface area contributed by atoms with Crippen molar-refractivity contribution >= 4 is 29.1 Å². The number of carbonyl (C=O) groups is 1. The molecule has 3 rings (SSSR count). The van der Waals surface area contributed by atoms with E-state index >= 15 is 0 Å². The number of nitro groups is 1. The first-order chi connectivity index (χ1) is 11.7. The fourth-order valence-corrected chi connectivity index (χ4v) is 2.78. The van der Waals surface area contributed by atoms with Gasteiger partial charge in [0, 0.05) is 6.07 Å². The number of hydrogen-bond donors (Lipinski definition) is 2. The van der Waals surface area contributed by atoms with E-state index in [-0.39, 0.29) is 5.69 Å². The molecule has 2 aromatic heterocycles. The third-order valence-corrected chi connectivity index (χ3v) is 4.04. The van der Waals surface area contributed by atoms with Gasteiger partial charge in [-0.15, -0.1) is 11.3 Å². The van der Waals surface area contributed by atoms with Gasteiger partial charge in [-0.25, -0.2) is 5.43 Å². The summed E-state index contributed by atoms with van der Waals surface area (Å²) in [6, 6.07) is 9.87. The number of nitrogens with zero attached hydrogens (tertiary/aromatic N) is 3. The maximum atomic E-state index is 12.2. The number of thiophene rings is 1. The lowest BCUT2D eigenvalue weighted by molar-refractivity contribution is -0.385. The predicted octanol–water partition coefficient (Wildman–Crippen LogP) is 2.81. The van der Waals surface area contributed by atoms with Crippen LogP contribution < -0.4 is 5.43 Å². The molecule has 0 unspecified atom stereocenters. The second kappa shape index (κ2) is 6.84. The summed E-state index contributed by atoms with van der Waals surface area (Å²) in [5, 5.41) is 23.3. The van der Waals surface area contributed by atoms with E-state index < -0.39 is 10.8 Å². The van der Waals surface area contributed by atoms with Gasteiger partial charge in [0.15, 0.2) is 0 Å². The Bertz CT molecular complexity index is 901. The molecule has 1 aromatic carbocycles. The van der Waals surface area contributed by atoms with Crippen molar-refractivity contribution in [3.63, 3.8) is 0 Å². The number of hydrazone groups is 1. The highest BCUT2D eigenvalue weighted by Gasteiger charge is 2.15.